The molecule has 34 heavy (non-hydrogen) atoms. The van der Waals surface area contributed by atoms with Gasteiger partial charge in [0.1, 0.15) is 23.3 Å². The standard InChI is InChI=1S/C24H38N4O6/c1-15(19(29)33-23(3,4)5)27-21(31)25-13-17-9-11-18(12-10-17)14-26-22(32)28-16(2)20(30)34-24(6,7)8/h9-12,15-16H,13-14H2,1-8H3,(H2,25,27,31)(H2,26,28,32)/t15-,16-/m0/s1. The highest BCUT2D eigenvalue weighted by Crippen LogP contribution is 2.09. The third-order valence-electron chi connectivity index (χ3n) is 4.14. The second-order valence-corrected chi connectivity index (χ2v) is 9.98. The maximum atomic E-state index is 12.0. The van der Waals surface area contributed by atoms with Gasteiger partial charge in [-0.15, -0.1) is 0 Å². The smallest absolute Gasteiger partial charge is 0.328 e. The quantitative estimate of drug-likeness (QED) is 0.425. The summed E-state index contributed by atoms with van der Waals surface area (Å²) in [5, 5.41) is 10.4. The summed E-state index contributed by atoms with van der Waals surface area (Å²) in [4.78, 5) is 48.0. The maximum Gasteiger partial charge on any atom is 0.328 e. The second kappa shape index (κ2) is 12.2. The van der Waals surface area contributed by atoms with Crippen LogP contribution >= 0.6 is 0 Å². The Morgan fingerprint density at radius 3 is 1.24 bits per heavy atom. The molecule has 0 aromatic heterocycles. The average molecular weight is 479 g/mol. The minimum Gasteiger partial charge on any atom is -0.458 e. The van der Waals surface area contributed by atoms with Gasteiger partial charge in [0.15, 0.2) is 0 Å². The molecule has 0 fully saturated rings. The van der Waals surface area contributed by atoms with Crippen LogP contribution in [0.1, 0.15) is 66.5 Å². The van der Waals surface area contributed by atoms with Crippen molar-refractivity contribution < 1.29 is 28.7 Å². The monoisotopic (exact) mass is 478 g/mol. The van der Waals surface area contributed by atoms with Crippen molar-refractivity contribution in [2.45, 2.75) is 91.8 Å². The zero-order chi connectivity index (χ0) is 26.1. The van der Waals surface area contributed by atoms with Gasteiger partial charge in [-0.1, -0.05) is 24.3 Å². The molecule has 4 N–H and O–H groups in total. The summed E-state index contributed by atoms with van der Waals surface area (Å²) >= 11 is 0. The van der Waals surface area contributed by atoms with Gasteiger partial charge in [-0.2, -0.15) is 0 Å². The number of amides is 4. The number of hydrogen-bond donors (Lipinski definition) is 4. The zero-order valence-corrected chi connectivity index (χ0v) is 21.3. The normalized spacial score (nSPS) is 13.2. The topological polar surface area (TPSA) is 135 Å². The number of esters is 2. The number of hydrogen-bond acceptors (Lipinski definition) is 6. The van der Waals surface area contributed by atoms with Gasteiger partial charge >= 0.3 is 24.0 Å². The molecule has 2 atom stereocenters. The molecule has 10 heteroatoms. The lowest BCUT2D eigenvalue weighted by atomic mass is 10.1. The van der Waals surface area contributed by atoms with Crippen molar-refractivity contribution in [1.29, 1.82) is 0 Å². The van der Waals surface area contributed by atoms with Crippen LogP contribution in [0.5, 0.6) is 0 Å². The summed E-state index contributed by atoms with van der Waals surface area (Å²) in [5.41, 5.74) is 0.424. The molecule has 0 saturated heterocycles. The van der Waals surface area contributed by atoms with Crippen molar-refractivity contribution in [3.8, 4) is 0 Å². The number of nitrogens with one attached hydrogen (secondary N) is 4. The van der Waals surface area contributed by atoms with Gasteiger partial charge in [0.05, 0.1) is 0 Å². The highest BCUT2D eigenvalue weighted by atomic mass is 16.6. The van der Waals surface area contributed by atoms with E-state index >= 15 is 0 Å². The zero-order valence-electron chi connectivity index (χ0n) is 21.3. The lowest BCUT2D eigenvalue weighted by molar-refractivity contribution is -0.157. The molecular weight excluding hydrogens is 440 g/mol. The molecule has 0 aliphatic rings. The summed E-state index contributed by atoms with van der Waals surface area (Å²) in [6.45, 7) is 14.2. The van der Waals surface area contributed by atoms with E-state index in [0.717, 1.165) is 11.1 Å². The van der Waals surface area contributed by atoms with E-state index in [1.165, 1.54) is 0 Å². The summed E-state index contributed by atoms with van der Waals surface area (Å²) < 4.78 is 10.5. The van der Waals surface area contributed by atoms with E-state index in [-0.39, 0.29) is 13.1 Å². The summed E-state index contributed by atoms with van der Waals surface area (Å²) in [5.74, 6) is -1.02. The van der Waals surface area contributed by atoms with E-state index in [2.05, 4.69) is 21.3 Å². The van der Waals surface area contributed by atoms with Crippen molar-refractivity contribution in [3.63, 3.8) is 0 Å². The summed E-state index contributed by atoms with van der Waals surface area (Å²) in [7, 11) is 0. The number of carbonyl (C=O) groups is 4. The van der Waals surface area contributed by atoms with Crippen LogP contribution < -0.4 is 21.3 Å². The molecule has 0 spiro atoms. The van der Waals surface area contributed by atoms with Crippen molar-refractivity contribution in [2.24, 2.45) is 0 Å². The lowest BCUT2D eigenvalue weighted by Gasteiger charge is -2.22. The van der Waals surface area contributed by atoms with Gasteiger partial charge in [-0.25, -0.2) is 19.2 Å². The molecule has 4 amide bonds. The predicted molar refractivity (Wildman–Crippen MR) is 128 cm³/mol. The molecule has 1 aromatic carbocycles. The fourth-order valence-electron chi connectivity index (χ4n) is 2.53. The highest BCUT2D eigenvalue weighted by molar-refractivity contribution is 5.84. The van der Waals surface area contributed by atoms with Gasteiger partial charge < -0.3 is 30.7 Å². The number of benzene rings is 1. The van der Waals surface area contributed by atoms with Gasteiger partial charge in [0, 0.05) is 13.1 Å². The van der Waals surface area contributed by atoms with Crippen molar-refractivity contribution in [3.05, 3.63) is 35.4 Å². The van der Waals surface area contributed by atoms with Crippen LogP contribution in [0.2, 0.25) is 0 Å². The van der Waals surface area contributed by atoms with Crippen LogP contribution in [-0.4, -0.2) is 47.3 Å². The van der Waals surface area contributed by atoms with Crippen molar-refractivity contribution in [2.75, 3.05) is 0 Å². The van der Waals surface area contributed by atoms with E-state index in [1.807, 2.05) is 24.3 Å². The Bertz CT molecular complexity index is 785. The Hall–Kier alpha value is -3.30. The van der Waals surface area contributed by atoms with E-state index in [9.17, 15) is 19.2 Å². The van der Waals surface area contributed by atoms with Crippen LogP contribution in [0.4, 0.5) is 9.59 Å². The first kappa shape index (κ1) is 28.7. The molecule has 190 valence electrons. The molecule has 0 radical (unpaired) electrons. The predicted octanol–water partition coefficient (Wildman–Crippen LogP) is 2.75. The number of rotatable bonds is 8. The first-order valence-corrected chi connectivity index (χ1v) is 11.2. The van der Waals surface area contributed by atoms with Gasteiger partial charge in [0.25, 0.3) is 0 Å². The number of urea groups is 2. The fourth-order valence-corrected chi connectivity index (χ4v) is 2.53. The first-order chi connectivity index (χ1) is 15.6. The first-order valence-electron chi connectivity index (χ1n) is 11.2. The van der Waals surface area contributed by atoms with Gasteiger partial charge in [-0.3, -0.25) is 0 Å². The van der Waals surface area contributed by atoms with Gasteiger partial charge in [-0.05, 0) is 66.5 Å². The number of carbonyl (C=O) groups excluding carboxylic acids is 4. The molecule has 1 aromatic rings. The molecule has 1 rings (SSSR count). The van der Waals surface area contributed by atoms with E-state index in [0.29, 0.717) is 0 Å². The van der Waals surface area contributed by atoms with E-state index < -0.39 is 47.3 Å². The Labute approximate surface area is 201 Å². The van der Waals surface area contributed by atoms with Crippen LogP contribution in [-0.2, 0) is 32.2 Å². The van der Waals surface area contributed by atoms with E-state index in [1.54, 1.807) is 55.4 Å². The molecule has 0 aliphatic heterocycles. The fraction of sp³-hybridized carbons (Fsp3) is 0.583. The maximum absolute atomic E-state index is 12.0. The van der Waals surface area contributed by atoms with Crippen LogP contribution in [0.3, 0.4) is 0 Å². The SMILES string of the molecule is C[C@H](NC(=O)NCc1ccc(CNC(=O)N[C@@H](C)C(=O)OC(C)(C)C)cc1)C(=O)OC(C)(C)C. The minimum atomic E-state index is -0.781. The molecule has 0 heterocycles. The molecule has 0 unspecified atom stereocenters. The van der Waals surface area contributed by atoms with Crippen LogP contribution in [0.15, 0.2) is 24.3 Å². The molecule has 10 nitrogen and oxygen atoms in total. The molecule has 0 saturated carbocycles. The highest BCUT2D eigenvalue weighted by Gasteiger charge is 2.24. The van der Waals surface area contributed by atoms with Crippen LogP contribution in [0, 0.1) is 0 Å². The molecule has 0 bridgehead atoms. The second-order valence-electron chi connectivity index (χ2n) is 9.98. The Kier molecular flexibility index (Phi) is 10.3. The third-order valence-corrected chi connectivity index (χ3v) is 4.14. The molecule has 0 aliphatic carbocycles. The lowest BCUT2D eigenvalue weighted by Crippen LogP contribution is -2.46. The molecular formula is C24H38N4O6. The Balaban J connectivity index is 2.41. The minimum absolute atomic E-state index is 0.258. The largest absolute Gasteiger partial charge is 0.458 e. The van der Waals surface area contributed by atoms with E-state index in [4.69, 9.17) is 9.47 Å². The Morgan fingerprint density at radius 1 is 0.676 bits per heavy atom. The van der Waals surface area contributed by atoms with Gasteiger partial charge in [0.2, 0.25) is 0 Å². The third kappa shape index (κ3) is 12.1. The Morgan fingerprint density at radius 2 is 0.971 bits per heavy atom. The van der Waals surface area contributed by atoms with Crippen molar-refractivity contribution >= 4 is 24.0 Å². The van der Waals surface area contributed by atoms with Crippen molar-refractivity contribution in [1.82, 2.24) is 21.3 Å². The number of ether oxygens (including phenoxy) is 2. The summed E-state index contributed by atoms with van der Waals surface area (Å²) in [6, 6.07) is 4.73. The van der Waals surface area contributed by atoms with Crippen LogP contribution in [0.25, 0.3) is 0 Å². The average Bonchev–Trinajstić information content (AvgIpc) is 2.68. The summed E-state index contributed by atoms with van der Waals surface area (Å²) in [6.07, 6.45) is 0.